The lowest BCUT2D eigenvalue weighted by molar-refractivity contribution is 0.0336. The molecule has 0 aliphatic carbocycles. The summed E-state index contributed by atoms with van der Waals surface area (Å²) in [6.07, 6.45) is 0. The van der Waals surface area contributed by atoms with Gasteiger partial charge in [0.2, 0.25) is 0 Å². The molecule has 0 aliphatic rings. The molecule has 0 aromatic carbocycles. The molecule has 0 rings (SSSR count). The first kappa shape index (κ1) is 13.6. The van der Waals surface area contributed by atoms with Crippen LogP contribution in [0.2, 0.25) is 0 Å². The van der Waals surface area contributed by atoms with Crippen molar-refractivity contribution in [3.63, 3.8) is 0 Å². The van der Waals surface area contributed by atoms with Gasteiger partial charge in [-0.2, -0.15) is 0 Å². The summed E-state index contributed by atoms with van der Waals surface area (Å²) in [6, 6.07) is -2.13. The summed E-state index contributed by atoms with van der Waals surface area (Å²) in [5.41, 5.74) is 0. The second-order valence-corrected chi connectivity index (χ2v) is 2.31. The molecule has 0 aromatic rings. The molecule has 0 heterocycles. The Bertz CT molecular complexity index is 219. The molecule has 0 saturated heterocycles. The lowest BCUT2D eigenvalue weighted by atomic mass is 10.6. The number of aliphatic hydroxyl groups excluding tert-OH is 4. The summed E-state index contributed by atoms with van der Waals surface area (Å²) in [5, 5.41) is 36.1. The van der Waals surface area contributed by atoms with Crippen LogP contribution in [0, 0.1) is 0 Å². The Morgan fingerprint density at radius 2 is 1.53 bits per heavy atom. The van der Waals surface area contributed by atoms with Crippen LogP contribution >= 0.6 is 0 Å². The standard InChI is InChI=1S/C6H13N3O6/c10-1-7-5(14)9(4-13)6(15)8(2-11)3-12/h10-13H,1-4H2,(H,7,14). The number of imide groups is 1. The molecule has 0 unspecified atom stereocenters. The number of amides is 4. The molecule has 0 saturated carbocycles. The largest absolute Gasteiger partial charge is 0.376 e. The molecule has 0 atom stereocenters. The predicted octanol–water partition coefficient (Wildman–Crippen LogP) is -2.78. The van der Waals surface area contributed by atoms with E-state index in [2.05, 4.69) is 0 Å². The Morgan fingerprint density at radius 1 is 1.00 bits per heavy atom. The molecule has 88 valence electrons. The summed E-state index contributed by atoms with van der Waals surface area (Å²) in [7, 11) is 0. The van der Waals surface area contributed by atoms with Crippen LogP contribution in [0.3, 0.4) is 0 Å². The third-order valence-electron chi connectivity index (χ3n) is 1.46. The van der Waals surface area contributed by atoms with Crippen molar-refractivity contribution in [3.05, 3.63) is 0 Å². The van der Waals surface area contributed by atoms with Gasteiger partial charge in [0.1, 0.15) is 26.9 Å². The molecule has 9 nitrogen and oxygen atoms in total. The number of hydrogen-bond acceptors (Lipinski definition) is 6. The number of hydrogen-bond donors (Lipinski definition) is 5. The fraction of sp³-hybridized carbons (Fsp3) is 0.667. The number of carbonyl (C=O) groups excluding carboxylic acids is 2. The van der Waals surface area contributed by atoms with Crippen LogP contribution in [0.1, 0.15) is 0 Å². The number of nitrogens with one attached hydrogen (secondary N) is 1. The van der Waals surface area contributed by atoms with Gasteiger partial charge in [-0.15, -0.1) is 0 Å². The highest BCUT2D eigenvalue weighted by molar-refractivity contribution is 5.93. The Labute approximate surface area is 85.1 Å². The van der Waals surface area contributed by atoms with Gasteiger partial charge in [0.25, 0.3) is 0 Å². The van der Waals surface area contributed by atoms with E-state index in [0.29, 0.717) is 9.80 Å². The zero-order valence-electron chi connectivity index (χ0n) is 7.83. The number of carbonyl (C=O) groups is 2. The van der Waals surface area contributed by atoms with Gasteiger partial charge in [-0.1, -0.05) is 0 Å². The van der Waals surface area contributed by atoms with E-state index in [1.54, 1.807) is 0 Å². The van der Waals surface area contributed by atoms with Crippen LogP contribution in [0.5, 0.6) is 0 Å². The van der Waals surface area contributed by atoms with Crippen molar-refractivity contribution in [1.29, 1.82) is 0 Å². The van der Waals surface area contributed by atoms with Gasteiger partial charge < -0.3 is 25.7 Å². The molecular formula is C6H13N3O6. The lowest BCUT2D eigenvalue weighted by Crippen LogP contribution is -2.51. The minimum atomic E-state index is -1.09. The smallest absolute Gasteiger partial charge is 0.333 e. The van der Waals surface area contributed by atoms with Gasteiger partial charge in [0, 0.05) is 0 Å². The number of rotatable bonds is 4. The van der Waals surface area contributed by atoms with Crippen LogP contribution in [0.4, 0.5) is 9.59 Å². The van der Waals surface area contributed by atoms with E-state index in [4.69, 9.17) is 20.4 Å². The van der Waals surface area contributed by atoms with Crippen molar-refractivity contribution >= 4 is 12.1 Å². The third-order valence-corrected chi connectivity index (χ3v) is 1.46. The quantitative estimate of drug-likeness (QED) is 0.327. The monoisotopic (exact) mass is 223 g/mol. The first-order chi connectivity index (χ1) is 7.12. The fourth-order valence-electron chi connectivity index (χ4n) is 0.711. The Kier molecular flexibility index (Phi) is 6.29. The molecule has 0 bridgehead atoms. The zero-order valence-corrected chi connectivity index (χ0v) is 7.83. The summed E-state index contributed by atoms with van der Waals surface area (Å²) in [5.74, 6) is 0. The highest BCUT2D eigenvalue weighted by Crippen LogP contribution is 1.97. The Hall–Kier alpha value is -1.42. The van der Waals surface area contributed by atoms with E-state index in [1.807, 2.05) is 5.32 Å². The van der Waals surface area contributed by atoms with Gasteiger partial charge in [0.15, 0.2) is 0 Å². The van der Waals surface area contributed by atoms with Crippen LogP contribution < -0.4 is 5.32 Å². The van der Waals surface area contributed by atoms with Gasteiger partial charge in [-0.05, 0) is 0 Å². The fourth-order valence-corrected chi connectivity index (χ4v) is 0.711. The van der Waals surface area contributed by atoms with E-state index < -0.39 is 39.0 Å². The number of urea groups is 2. The summed E-state index contributed by atoms with van der Waals surface area (Å²) in [6.45, 7) is -3.27. The molecule has 9 heteroatoms. The van der Waals surface area contributed by atoms with Crippen molar-refractivity contribution in [3.8, 4) is 0 Å². The Morgan fingerprint density at radius 3 is 1.87 bits per heavy atom. The van der Waals surface area contributed by atoms with Crippen LogP contribution in [0.15, 0.2) is 0 Å². The predicted molar refractivity (Wildman–Crippen MR) is 45.9 cm³/mol. The molecule has 0 aliphatic heterocycles. The molecule has 15 heavy (non-hydrogen) atoms. The van der Waals surface area contributed by atoms with E-state index in [9.17, 15) is 9.59 Å². The molecule has 5 N–H and O–H groups in total. The molecule has 0 spiro atoms. The molecular weight excluding hydrogens is 210 g/mol. The van der Waals surface area contributed by atoms with Crippen molar-refractivity contribution in [1.82, 2.24) is 15.1 Å². The van der Waals surface area contributed by atoms with Gasteiger partial charge >= 0.3 is 12.1 Å². The maximum Gasteiger partial charge on any atom is 0.333 e. The molecule has 4 amide bonds. The van der Waals surface area contributed by atoms with Crippen molar-refractivity contribution in [2.45, 2.75) is 0 Å². The van der Waals surface area contributed by atoms with E-state index in [0.717, 1.165) is 0 Å². The Balaban J connectivity index is 4.51. The minimum absolute atomic E-state index is 0.294. The van der Waals surface area contributed by atoms with E-state index in [-0.39, 0.29) is 0 Å². The van der Waals surface area contributed by atoms with E-state index in [1.165, 1.54) is 0 Å². The molecule has 0 fully saturated rings. The average Bonchev–Trinajstić information content (AvgIpc) is 2.21. The van der Waals surface area contributed by atoms with Gasteiger partial charge in [-0.3, -0.25) is 4.90 Å². The third kappa shape index (κ3) is 3.67. The maximum atomic E-state index is 11.3. The van der Waals surface area contributed by atoms with Crippen molar-refractivity contribution < 1.29 is 30.0 Å². The second kappa shape index (κ2) is 6.95. The van der Waals surface area contributed by atoms with Crippen LogP contribution in [-0.4, -0.2) is 69.2 Å². The number of nitrogens with zero attached hydrogens (tertiary/aromatic N) is 2. The van der Waals surface area contributed by atoms with Crippen molar-refractivity contribution in [2.24, 2.45) is 0 Å². The SMILES string of the molecule is O=C(NCO)N(CO)C(=O)N(CO)CO. The maximum absolute atomic E-state index is 11.3. The molecule has 0 radical (unpaired) electrons. The van der Waals surface area contributed by atoms with Crippen LogP contribution in [-0.2, 0) is 0 Å². The van der Waals surface area contributed by atoms with Gasteiger partial charge in [0.05, 0.1) is 0 Å². The summed E-state index contributed by atoms with van der Waals surface area (Å²) < 4.78 is 0. The highest BCUT2D eigenvalue weighted by atomic mass is 16.3. The normalized spacial score (nSPS) is 9.60. The second-order valence-electron chi connectivity index (χ2n) is 2.31. The topological polar surface area (TPSA) is 134 Å². The first-order valence-electron chi connectivity index (χ1n) is 3.90. The van der Waals surface area contributed by atoms with Crippen LogP contribution in [0.25, 0.3) is 0 Å². The summed E-state index contributed by atoms with van der Waals surface area (Å²) in [4.78, 5) is 23.1. The highest BCUT2D eigenvalue weighted by Gasteiger charge is 2.24. The number of aliphatic hydroxyl groups is 4. The zero-order chi connectivity index (χ0) is 11.8. The van der Waals surface area contributed by atoms with E-state index >= 15 is 0 Å². The molecule has 0 aromatic heterocycles. The van der Waals surface area contributed by atoms with Crippen molar-refractivity contribution in [2.75, 3.05) is 26.9 Å². The first-order valence-corrected chi connectivity index (χ1v) is 3.90. The minimum Gasteiger partial charge on any atom is -0.376 e. The van der Waals surface area contributed by atoms with Gasteiger partial charge in [-0.25, -0.2) is 14.5 Å². The lowest BCUT2D eigenvalue weighted by Gasteiger charge is -2.24. The summed E-state index contributed by atoms with van der Waals surface area (Å²) >= 11 is 0. The average molecular weight is 223 g/mol.